The Labute approximate surface area is 194 Å². The van der Waals surface area contributed by atoms with Crippen LogP contribution in [-0.4, -0.2) is 32.6 Å². The average molecular weight is 461 g/mol. The first-order valence-corrected chi connectivity index (χ1v) is 12.8. The Morgan fingerprint density at radius 2 is 1.44 bits per heavy atom. The lowest BCUT2D eigenvalue weighted by Crippen LogP contribution is -2.47. The van der Waals surface area contributed by atoms with Crippen LogP contribution in [0.3, 0.4) is 0 Å². The number of nitrogens with zero attached hydrogens (tertiary/aromatic N) is 2. The molecule has 2 saturated carbocycles. The summed E-state index contributed by atoms with van der Waals surface area (Å²) in [6.45, 7) is 0. The lowest BCUT2D eigenvalue weighted by molar-refractivity contribution is -0.123. The van der Waals surface area contributed by atoms with Gasteiger partial charge in [0.25, 0.3) is 0 Å². The molecule has 5 nitrogen and oxygen atoms in total. The second-order valence-corrected chi connectivity index (χ2v) is 11.6. The summed E-state index contributed by atoms with van der Waals surface area (Å²) in [7, 11) is 0. The van der Waals surface area contributed by atoms with E-state index in [0.29, 0.717) is 5.69 Å². The van der Waals surface area contributed by atoms with Crippen LogP contribution < -0.4 is 4.90 Å². The van der Waals surface area contributed by atoms with Crippen LogP contribution in [-0.2, 0) is 9.59 Å². The Morgan fingerprint density at radius 1 is 0.781 bits per heavy atom. The van der Waals surface area contributed by atoms with Gasteiger partial charge in [0.2, 0.25) is 11.8 Å². The summed E-state index contributed by atoms with van der Waals surface area (Å²) in [5.74, 6) is 0.141. The molecule has 4 fully saturated rings. The minimum atomic E-state index is -0.250. The molecule has 5 aliphatic rings. The third-order valence-corrected chi connectivity index (χ3v) is 10.8. The van der Waals surface area contributed by atoms with Crippen LogP contribution in [0.25, 0.3) is 0 Å². The van der Waals surface area contributed by atoms with Crippen molar-refractivity contribution < 1.29 is 14.4 Å². The van der Waals surface area contributed by atoms with Crippen molar-refractivity contribution in [1.82, 2.24) is 0 Å². The predicted molar refractivity (Wildman–Crippen MR) is 126 cm³/mol. The molecule has 0 spiro atoms. The van der Waals surface area contributed by atoms with Gasteiger partial charge in [0.05, 0.1) is 27.8 Å². The van der Waals surface area contributed by atoms with E-state index < -0.39 is 0 Å². The van der Waals surface area contributed by atoms with Crippen LogP contribution >= 0.6 is 23.5 Å². The van der Waals surface area contributed by atoms with Crippen LogP contribution in [0.1, 0.15) is 17.9 Å². The number of anilines is 1. The van der Waals surface area contributed by atoms with E-state index in [9.17, 15) is 14.4 Å². The Bertz CT molecular complexity index is 1180. The van der Waals surface area contributed by atoms with Gasteiger partial charge < -0.3 is 0 Å². The van der Waals surface area contributed by atoms with Gasteiger partial charge in [0.1, 0.15) is 0 Å². The maximum atomic E-state index is 13.6. The Balaban J connectivity index is 1.32. The van der Waals surface area contributed by atoms with E-state index in [1.165, 1.54) is 22.2 Å². The zero-order chi connectivity index (χ0) is 21.6. The topological polar surface area (TPSA) is 66.8 Å². The number of amides is 3. The van der Waals surface area contributed by atoms with Crippen molar-refractivity contribution in [2.24, 2.45) is 34.6 Å². The number of carbonyl (C=O) groups excluding carboxylic acids is 3. The first kappa shape index (κ1) is 19.1. The van der Waals surface area contributed by atoms with Crippen molar-refractivity contribution in [3.8, 4) is 0 Å². The van der Waals surface area contributed by atoms with Crippen molar-refractivity contribution >= 4 is 51.3 Å². The highest BCUT2D eigenvalue weighted by Gasteiger charge is 2.70. The number of fused-ring (bicyclic) bond motifs is 9. The van der Waals surface area contributed by atoms with Gasteiger partial charge in [-0.2, -0.15) is 0 Å². The lowest BCUT2D eigenvalue weighted by atomic mass is 9.67. The Hall–Kier alpha value is -2.38. The third kappa shape index (κ3) is 2.44. The molecule has 2 aromatic rings. The molecular weight excluding hydrogens is 440 g/mol. The number of thioether (sulfide) groups is 2. The highest BCUT2D eigenvalue weighted by Crippen LogP contribution is 2.68. The molecule has 7 rings (SSSR count). The fraction of sp³-hybridized carbons (Fsp3) is 0.360. The van der Waals surface area contributed by atoms with Crippen LogP contribution in [0.15, 0.2) is 65.7 Å². The molecule has 8 atom stereocenters. The molecule has 2 bridgehead atoms. The van der Waals surface area contributed by atoms with Gasteiger partial charge >= 0.3 is 5.24 Å². The average Bonchev–Trinajstić information content (AvgIpc) is 3.53. The molecule has 32 heavy (non-hydrogen) atoms. The van der Waals surface area contributed by atoms with Crippen LogP contribution in [0, 0.1) is 29.6 Å². The van der Waals surface area contributed by atoms with E-state index >= 15 is 0 Å². The standard InChI is InChI=1S/C25H20N2O3S2/c28-23-18-14-11-15(19(18)24(29)27(23)13-9-5-2-6-10-13)20-17(14)16(12-7-3-1-4-8-12)21-22(31-20)26-25(30)32-21/h1-10,14-21H,11H2. The maximum absolute atomic E-state index is 13.6. The van der Waals surface area contributed by atoms with E-state index in [0.717, 1.165) is 11.5 Å². The van der Waals surface area contributed by atoms with Crippen molar-refractivity contribution in [2.45, 2.75) is 22.8 Å². The highest BCUT2D eigenvalue weighted by molar-refractivity contribution is 8.22. The molecule has 3 aliphatic heterocycles. The van der Waals surface area contributed by atoms with E-state index in [2.05, 4.69) is 17.1 Å². The number of rotatable bonds is 2. The highest BCUT2D eigenvalue weighted by atomic mass is 32.2. The summed E-state index contributed by atoms with van der Waals surface area (Å²) < 4.78 is 0. The van der Waals surface area contributed by atoms with Gasteiger partial charge in [-0.3, -0.25) is 19.3 Å². The largest absolute Gasteiger partial charge is 0.306 e. The predicted octanol–water partition coefficient (Wildman–Crippen LogP) is 4.59. The molecular formula is C25H20N2O3S2. The van der Waals surface area contributed by atoms with Gasteiger partial charge in [-0.15, -0.1) is 11.8 Å². The molecule has 0 radical (unpaired) electrons. The maximum Gasteiger partial charge on any atom is 0.306 e. The van der Waals surface area contributed by atoms with Gasteiger partial charge in [0.15, 0.2) is 0 Å². The molecule has 0 aromatic heterocycles. The van der Waals surface area contributed by atoms with E-state index in [4.69, 9.17) is 0 Å². The minimum absolute atomic E-state index is 0.0198. The van der Waals surface area contributed by atoms with E-state index in [-0.39, 0.29) is 63.1 Å². The summed E-state index contributed by atoms with van der Waals surface area (Å²) in [5, 5.41) is 1.04. The zero-order valence-corrected chi connectivity index (χ0v) is 18.7. The number of hydrogen-bond acceptors (Lipinski definition) is 5. The van der Waals surface area contributed by atoms with Gasteiger partial charge in [-0.1, -0.05) is 60.3 Å². The van der Waals surface area contributed by atoms with E-state index in [1.54, 1.807) is 11.8 Å². The molecule has 160 valence electrons. The normalized spacial score (nSPS) is 39.2. The molecule has 0 N–H and O–H groups in total. The van der Waals surface area contributed by atoms with Crippen LogP contribution in [0.2, 0.25) is 0 Å². The van der Waals surface area contributed by atoms with Crippen molar-refractivity contribution in [2.75, 3.05) is 4.90 Å². The number of carbonyl (C=O) groups is 3. The quantitative estimate of drug-likeness (QED) is 0.613. The number of benzene rings is 2. The molecule has 2 aromatic carbocycles. The van der Waals surface area contributed by atoms with Crippen LogP contribution in [0.5, 0.6) is 0 Å². The van der Waals surface area contributed by atoms with Crippen molar-refractivity contribution in [1.29, 1.82) is 0 Å². The van der Waals surface area contributed by atoms with Crippen molar-refractivity contribution in [3.63, 3.8) is 0 Å². The minimum Gasteiger partial charge on any atom is -0.274 e. The van der Waals surface area contributed by atoms with Gasteiger partial charge in [-0.05, 0) is 41.9 Å². The first-order chi connectivity index (χ1) is 15.6. The Morgan fingerprint density at radius 3 is 2.16 bits per heavy atom. The molecule has 2 aliphatic carbocycles. The number of imide groups is 1. The Kier molecular flexibility index (Phi) is 4.07. The molecule has 3 heterocycles. The summed E-state index contributed by atoms with van der Waals surface area (Å²) in [6.07, 6.45) is 0.916. The SMILES string of the molecule is O=C1N=C2SC3C4CC(C5C(=O)N(c6ccccc6)C(=O)C45)C3C(c3ccccc3)C2S1. The lowest BCUT2D eigenvalue weighted by Gasteiger charge is -2.45. The molecule has 7 heteroatoms. The zero-order valence-electron chi connectivity index (χ0n) is 17.0. The summed E-state index contributed by atoms with van der Waals surface area (Å²) in [4.78, 5) is 45.1. The smallest absolute Gasteiger partial charge is 0.274 e. The molecule has 2 saturated heterocycles. The fourth-order valence-electron chi connectivity index (χ4n) is 7.03. The third-order valence-electron chi connectivity index (χ3n) is 8.03. The fourth-order valence-corrected chi connectivity index (χ4v) is 10.1. The molecule has 8 unspecified atom stereocenters. The number of aliphatic imine (C=N–C) groups is 1. The summed E-state index contributed by atoms with van der Waals surface area (Å²) in [5.41, 5.74) is 1.89. The number of para-hydroxylation sites is 1. The molecule has 3 amide bonds. The second-order valence-electron chi connectivity index (χ2n) is 9.31. The summed E-state index contributed by atoms with van der Waals surface area (Å²) >= 11 is 3.04. The number of hydrogen-bond donors (Lipinski definition) is 0. The van der Waals surface area contributed by atoms with Gasteiger partial charge in [0, 0.05) is 11.2 Å². The van der Waals surface area contributed by atoms with Crippen LogP contribution in [0.4, 0.5) is 10.5 Å². The first-order valence-electron chi connectivity index (χ1n) is 11.1. The van der Waals surface area contributed by atoms with E-state index in [1.807, 2.05) is 48.5 Å². The monoisotopic (exact) mass is 460 g/mol. The summed E-state index contributed by atoms with van der Waals surface area (Å²) in [6, 6.07) is 19.7. The van der Waals surface area contributed by atoms with Crippen molar-refractivity contribution in [3.05, 3.63) is 66.2 Å². The van der Waals surface area contributed by atoms with Gasteiger partial charge in [-0.25, -0.2) is 4.99 Å². The second kappa shape index (κ2) is 6.81.